The summed E-state index contributed by atoms with van der Waals surface area (Å²) >= 11 is 2.79. The van der Waals surface area contributed by atoms with Crippen LogP contribution in [0.1, 0.15) is 5.69 Å². The van der Waals surface area contributed by atoms with E-state index in [0.717, 1.165) is 27.4 Å². The first kappa shape index (κ1) is 19.4. The molecular formula is C21H17N3O3S2. The zero-order chi connectivity index (χ0) is 20.1. The van der Waals surface area contributed by atoms with Gasteiger partial charge in [0.05, 0.1) is 41.4 Å². The Morgan fingerprint density at radius 1 is 1.07 bits per heavy atom. The summed E-state index contributed by atoms with van der Waals surface area (Å²) in [5, 5.41) is 3.40. The largest absolute Gasteiger partial charge is 0.496 e. The van der Waals surface area contributed by atoms with Crippen LogP contribution in [0.25, 0.3) is 21.6 Å². The van der Waals surface area contributed by atoms with Gasteiger partial charge in [0, 0.05) is 5.38 Å². The molecule has 0 saturated carbocycles. The first-order chi connectivity index (χ1) is 14.2. The molecule has 0 radical (unpaired) electrons. The summed E-state index contributed by atoms with van der Waals surface area (Å²) < 4.78 is 10.7. The zero-order valence-electron chi connectivity index (χ0n) is 15.6. The minimum atomic E-state index is -0.322. The number of thiazole rings is 1. The molecule has 6 nitrogen and oxygen atoms in total. The van der Waals surface area contributed by atoms with Crippen LogP contribution in [0, 0.1) is 0 Å². The van der Waals surface area contributed by atoms with E-state index in [2.05, 4.69) is 15.0 Å². The molecule has 0 aliphatic rings. The fourth-order valence-electron chi connectivity index (χ4n) is 2.66. The van der Waals surface area contributed by atoms with Gasteiger partial charge in [-0.2, -0.15) is 0 Å². The third-order valence-corrected chi connectivity index (χ3v) is 5.83. The van der Waals surface area contributed by atoms with Crippen molar-refractivity contribution in [1.29, 1.82) is 0 Å². The van der Waals surface area contributed by atoms with Crippen LogP contribution in [0.5, 0.6) is 5.75 Å². The monoisotopic (exact) mass is 423 g/mol. The van der Waals surface area contributed by atoms with Crippen molar-refractivity contribution in [2.75, 3.05) is 12.9 Å². The average molecular weight is 424 g/mol. The summed E-state index contributed by atoms with van der Waals surface area (Å²) in [5.41, 5.74) is 3.26. The minimum Gasteiger partial charge on any atom is -0.496 e. The number of carbonyl (C=O) groups is 1. The number of carbonyl (C=O) groups excluding carboxylic acids is 1. The van der Waals surface area contributed by atoms with Crippen LogP contribution in [0.3, 0.4) is 0 Å². The number of hydrogen-bond donors (Lipinski definition) is 0. The number of nitrogens with zero attached hydrogens (tertiary/aromatic N) is 3. The highest BCUT2D eigenvalue weighted by atomic mass is 32.2. The van der Waals surface area contributed by atoms with Crippen LogP contribution in [-0.4, -0.2) is 33.8 Å². The standard InChI is InChI=1S/C21H17N3O3S2/c1-26-18-9-5-2-6-15(18)21-23-14(12-29-21)11-27-20(25)13-28-19-10-22-16-7-3-4-8-17(16)24-19/h2-10,12H,11,13H2,1H3. The predicted octanol–water partition coefficient (Wildman–Crippen LogP) is 4.60. The lowest BCUT2D eigenvalue weighted by molar-refractivity contribution is -0.141. The molecule has 0 unspecified atom stereocenters. The molecule has 0 amide bonds. The second kappa shape index (κ2) is 9.02. The fraction of sp³-hybridized carbons (Fsp3) is 0.143. The Hall–Kier alpha value is -2.97. The van der Waals surface area contributed by atoms with E-state index >= 15 is 0 Å². The molecule has 0 spiro atoms. The molecule has 0 N–H and O–H groups in total. The van der Waals surface area contributed by atoms with E-state index in [-0.39, 0.29) is 18.3 Å². The molecule has 0 aliphatic heterocycles. The highest BCUT2D eigenvalue weighted by molar-refractivity contribution is 7.99. The molecule has 4 aromatic rings. The van der Waals surface area contributed by atoms with E-state index in [0.29, 0.717) is 10.7 Å². The van der Waals surface area contributed by atoms with Gasteiger partial charge in [0.25, 0.3) is 0 Å². The SMILES string of the molecule is COc1ccccc1-c1nc(COC(=O)CSc2cnc3ccccc3n2)cs1. The van der Waals surface area contributed by atoms with Crippen molar-refractivity contribution < 1.29 is 14.3 Å². The van der Waals surface area contributed by atoms with E-state index in [1.807, 2.05) is 53.9 Å². The lowest BCUT2D eigenvalue weighted by Crippen LogP contribution is -2.07. The van der Waals surface area contributed by atoms with Crippen LogP contribution in [0.15, 0.2) is 65.1 Å². The minimum absolute atomic E-state index is 0.133. The number of aromatic nitrogens is 3. The van der Waals surface area contributed by atoms with Gasteiger partial charge in [-0.05, 0) is 24.3 Å². The van der Waals surface area contributed by atoms with Crippen molar-refractivity contribution in [3.8, 4) is 16.3 Å². The normalized spacial score (nSPS) is 10.8. The van der Waals surface area contributed by atoms with Crippen molar-refractivity contribution in [2.24, 2.45) is 0 Å². The molecule has 0 bridgehead atoms. The van der Waals surface area contributed by atoms with E-state index in [1.54, 1.807) is 13.3 Å². The maximum Gasteiger partial charge on any atom is 0.316 e. The van der Waals surface area contributed by atoms with Gasteiger partial charge in [-0.3, -0.25) is 9.78 Å². The highest BCUT2D eigenvalue weighted by Crippen LogP contribution is 2.32. The van der Waals surface area contributed by atoms with E-state index < -0.39 is 0 Å². The molecular weight excluding hydrogens is 406 g/mol. The van der Waals surface area contributed by atoms with Gasteiger partial charge in [-0.1, -0.05) is 36.0 Å². The molecule has 0 aliphatic carbocycles. The number of para-hydroxylation sites is 3. The Labute approximate surface area is 175 Å². The lowest BCUT2D eigenvalue weighted by atomic mass is 10.2. The predicted molar refractivity (Wildman–Crippen MR) is 114 cm³/mol. The maximum atomic E-state index is 12.1. The number of methoxy groups -OCH3 is 1. The fourth-order valence-corrected chi connectivity index (χ4v) is 4.13. The Kier molecular flexibility index (Phi) is 6.02. The Morgan fingerprint density at radius 3 is 2.72 bits per heavy atom. The average Bonchev–Trinajstić information content (AvgIpc) is 3.25. The maximum absolute atomic E-state index is 12.1. The third kappa shape index (κ3) is 4.72. The number of esters is 1. The molecule has 0 atom stereocenters. The summed E-state index contributed by atoms with van der Waals surface area (Å²) in [5.74, 6) is 0.603. The molecule has 2 aromatic carbocycles. The lowest BCUT2D eigenvalue weighted by Gasteiger charge is -2.05. The Morgan fingerprint density at radius 2 is 1.86 bits per heavy atom. The first-order valence-electron chi connectivity index (χ1n) is 8.81. The summed E-state index contributed by atoms with van der Waals surface area (Å²) in [7, 11) is 1.63. The van der Waals surface area contributed by atoms with E-state index in [1.165, 1.54) is 23.1 Å². The topological polar surface area (TPSA) is 74.2 Å². The number of ether oxygens (including phenoxy) is 2. The third-order valence-electron chi connectivity index (χ3n) is 4.03. The first-order valence-corrected chi connectivity index (χ1v) is 10.7. The Bertz CT molecular complexity index is 1150. The second-order valence-corrected chi connectivity index (χ2v) is 7.84. The van der Waals surface area contributed by atoms with Gasteiger partial charge in [-0.15, -0.1) is 11.3 Å². The molecule has 4 rings (SSSR count). The van der Waals surface area contributed by atoms with Crippen LogP contribution in [0.2, 0.25) is 0 Å². The second-order valence-electron chi connectivity index (χ2n) is 5.99. The van der Waals surface area contributed by atoms with Crippen molar-refractivity contribution in [2.45, 2.75) is 11.6 Å². The van der Waals surface area contributed by atoms with Crippen molar-refractivity contribution >= 4 is 40.1 Å². The number of thioether (sulfide) groups is 1. The van der Waals surface area contributed by atoms with Crippen LogP contribution < -0.4 is 4.74 Å². The molecule has 8 heteroatoms. The van der Waals surface area contributed by atoms with Gasteiger partial charge in [0.2, 0.25) is 0 Å². The van der Waals surface area contributed by atoms with Crippen LogP contribution >= 0.6 is 23.1 Å². The van der Waals surface area contributed by atoms with Crippen LogP contribution in [0.4, 0.5) is 0 Å². The van der Waals surface area contributed by atoms with Crippen LogP contribution in [-0.2, 0) is 16.1 Å². The smallest absolute Gasteiger partial charge is 0.316 e. The van der Waals surface area contributed by atoms with Gasteiger partial charge in [0.1, 0.15) is 22.4 Å². The van der Waals surface area contributed by atoms with Gasteiger partial charge in [-0.25, -0.2) is 9.97 Å². The van der Waals surface area contributed by atoms with Crippen molar-refractivity contribution in [3.05, 3.63) is 65.8 Å². The molecule has 0 saturated heterocycles. The Balaban J connectivity index is 1.32. The van der Waals surface area contributed by atoms with Gasteiger partial charge in [0.15, 0.2) is 0 Å². The van der Waals surface area contributed by atoms with E-state index in [4.69, 9.17) is 9.47 Å². The molecule has 2 heterocycles. The van der Waals surface area contributed by atoms with Crippen molar-refractivity contribution in [1.82, 2.24) is 15.0 Å². The zero-order valence-corrected chi connectivity index (χ0v) is 17.2. The molecule has 29 heavy (non-hydrogen) atoms. The van der Waals surface area contributed by atoms with E-state index in [9.17, 15) is 4.79 Å². The summed E-state index contributed by atoms with van der Waals surface area (Å²) in [6, 6.07) is 15.3. The molecule has 146 valence electrons. The number of benzene rings is 2. The molecule has 2 aromatic heterocycles. The number of fused-ring (bicyclic) bond motifs is 1. The van der Waals surface area contributed by atoms with Crippen molar-refractivity contribution in [3.63, 3.8) is 0 Å². The molecule has 0 fully saturated rings. The summed E-state index contributed by atoms with van der Waals surface area (Å²) in [6.07, 6.45) is 1.67. The summed E-state index contributed by atoms with van der Waals surface area (Å²) in [6.45, 7) is 0.133. The number of hydrogen-bond acceptors (Lipinski definition) is 8. The quantitative estimate of drug-likeness (QED) is 0.318. The van der Waals surface area contributed by atoms with Gasteiger partial charge < -0.3 is 9.47 Å². The number of rotatable bonds is 7. The van der Waals surface area contributed by atoms with Gasteiger partial charge >= 0.3 is 5.97 Å². The summed E-state index contributed by atoms with van der Waals surface area (Å²) in [4.78, 5) is 25.5. The highest BCUT2D eigenvalue weighted by Gasteiger charge is 2.12.